The van der Waals surface area contributed by atoms with Gasteiger partial charge >= 0.3 is 0 Å². The van der Waals surface area contributed by atoms with E-state index in [-0.39, 0.29) is 16.2 Å². The highest BCUT2D eigenvalue weighted by atomic mass is 15.1. The fraction of sp³-hybridized carbons (Fsp3) is 0.226. The molecule has 1 nitrogen and oxygen atoms in total. The zero-order valence-corrected chi connectivity index (χ0v) is 38.1. The largest absolute Gasteiger partial charge is 0.310 e. The Morgan fingerprint density at radius 1 is 0.413 bits per heavy atom. The lowest BCUT2D eigenvalue weighted by molar-refractivity contribution is 0.586. The van der Waals surface area contributed by atoms with Crippen molar-refractivity contribution in [3.8, 4) is 44.5 Å². The minimum atomic E-state index is -1.39. The average Bonchev–Trinajstić information content (AvgIpc) is 3.83. The Morgan fingerprint density at radius 2 is 0.810 bits per heavy atom. The highest BCUT2D eigenvalue weighted by molar-refractivity contribution is 5.97. The molecule has 3 aliphatic rings. The number of aryl methyl sites for hydroxylation is 1. The molecule has 0 heterocycles. The van der Waals surface area contributed by atoms with Crippen LogP contribution in [-0.2, 0) is 28.0 Å². The molecular weight excluding hydrogens is 759 g/mol. The molecule has 0 aromatic heterocycles. The van der Waals surface area contributed by atoms with Crippen LogP contribution in [0.15, 0.2) is 170 Å². The van der Waals surface area contributed by atoms with Crippen molar-refractivity contribution < 1.29 is 2.74 Å². The predicted octanol–water partition coefficient (Wildman–Crippen LogP) is 16.6. The quantitative estimate of drug-likeness (QED) is 0.167. The number of rotatable bonds is 5. The molecule has 0 saturated carbocycles. The molecule has 0 atom stereocenters. The summed E-state index contributed by atoms with van der Waals surface area (Å²) in [5.74, 6) is 0. The van der Waals surface area contributed by atoms with Crippen LogP contribution in [0, 0.1) is 0 Å². The summed E-state index contributed by atoms with van der Waals surface area (Å²) in [7, 11) is 0. The second-order valence-electron chi connectivity index (χ2n) is 20.7. The molecule has 3 aliphatic carbocycles. The summed E-state index contributed by atoms with van der Waals surface area (Å²) >= 11 is 0. The fourth-order valence-electron chi connectivity index (χ4n) is 11.2. The highest BCUT2D eigenvalue weighted by Gasteiger charge is 2.52. The van der Waals surface area contributed by atoms with Crippen molar-refractivity contribution in [1.82, 2.24) is 0 Å². The molecule has 8 aromatic rings. The van der Waals surface area contributed by atoms with E-state index in [2.05, 4.69) is 206 Å². The molecule has 0 aliphatic heterocycles. The van der Waals surface area contributed by atoms with Crippen LogP contribution in [-0.4, -0.2) is 0 Å². The highest BCUT2D eigenvalue weighted by Crippen LogP contribution is 2.64. The molecule has 0 N–H and O–H groups in total. The summed E-state index contributed by atoms with van der Waals surface area (Å²) in [6, 6.07) is 63.7. The van der Waals surface area contributed by atoms with Gasteiger partial charge in [-0.05, 0) is 148 Å². The second-order valence-corrected chi connectivity index (χ2v) is 20.7. The van der Waals surface area contributed by atoms with Crippen LogP contribution >= 0.6 is 0 Å². The van der Waals surface area contributed by atoms with Gasteiger partial charge in [0.25, 0.3) is 0 Å². The van der Waals surface area contributed by atoms with Gasteiger partial charge in [0, 0.05) is 25.2 Å². The average molecular weight is 818 g/mol. The van der Waals surface area contributed by atoms with Crippen LogP contribution in [0.5, 0.6) is 0 Å². The van der Waals surface area contributed by atoms with E-state index in [0.717, 1.165) is 28.2 Å². The summed E-state index contributed by atoms with van der Waals surface area (Å²) < 4.78 is 16.5. The topological polar surface area (TPSA) is 3.24 Å². The Morgan fingerprint density at radius 3 is 1.33 bits per heavy atom. The Hall–Kier alpha value is -6.44. The van der Waals surface area contributed by atoms with Crippen molar-refractivity contribution in [2.45, 2.75) is 90.3 Å². The van der Waals surface area contributed by atoms with E-state index in [1.165, 1.54) is 77.9 Å². The van der Waals surface area contributed by atoms with Crippen molar-refractivity contribution in [3.05, 3.63) is 220 Å². The first kappa shape index (κ1) is 37.1. The van der Waals surface area contributed by atoms with Crippen LogP contribution in [0.4, 0.5) is 17.1 Å². The van der Waals surface area contributed by atoms with Gasteiger partial charge in [-0.25, -0.2) is 0 Å². The second kappa shape index (κ2) is 13.8. The van der Waals surface area contributed by atoms with Crippen molar-refractivity contribution in [1.29, 1.82) is 0 Å². The molecule has 0 amide bonds. The molecule has 1 heteroatoms. The maximum Gasteiger partial charge on any atom is 0.0726 e. The van der Waals surface area contributed by atoms with Gasteiger partial charge in [-0.15, -0.1) is 0 Å². The van der Waals surface area contributed by atoms with E-state index >= 15 is 0 Å². The molecule has 310 valence electrons. The monoisotopic (exact) mass is 817 g/mol. The molecule has 0 unspecified atom stereocenters. The maximum absolute atomic E-state index is 8.23. The van der Waals surface area contributed by atoms with Crippen molar-refractivity contribution in [2.24, 2.45) is 0 Å². The van der Waals surface area contributed by atoms with Gasteiger partial charge in [0.15, 0.2) is 0 Å². The zero-order chi connectivity index (χ0) is 45.4. The number of anilines is 3. The number of hydrogen-bond donors (Lipinski definition) is 0. The van der Waals surface area contributed by atoms with Gasteiger partial charge in [0.1, 0.15) is 0 Å². The molecule has 11 rings (SSSR count). The first-order valence-corrected chi connectivity index (χ1v) is 22.7. The molecule has 63 heavy (non-hydrogen) atoms. The van der Waals surface area contributed by atoms with Crippen LogP contribution in [0.25, 0.3) is 44.5 Å². The van der Waals surface area contributed by atoms with Crippen LogP contribution in [0.1, 0.15) is 115 Å². The lowest BCUT2D eigenvalue weighted by Gasteiger charge is -2.34. The van der Waals surface area contributed by atoms with Crippen molar-refractivity contribution in [3.63, 3.8) is 0 Å². The van der Waals surface area contributed by atoms with Gasteiger partial charge in [-0.3, -0.25) is 0 Å². The third-order valence-corrected chi connectivity index (χ3v) is 14.6. The summed E-state index contributed by atoms with van der Waals surface area (Å²) in [5, 5.41) is 0. The molecule has 0 saturated heterocycles. The molecular formula is C62H57N. The number of nitrogens with zero attached hydrogens (tertiary/aromatic N) is 1. The van der Waals surface area contributed by atoms with E-state index in [1.807, 2.05) is 24.3 Å². The van der Waals surface area contributed by atoms with E-state index in [1.54, 1.807) is 6.92 Å². The maximum atomic E-state index is 8.23. The third-order valence-electron chi connectivity index (χ3n) is 14.6. The Balaban J connectivity index is 1.15. The lowest BCUT2D eigenvalue weighted by atomic mass is 9.68. The van der Waals surface area contributed by atoms with E-state index in [9.17, 15) is 0 Å². The standard InChI is InChI=1S/C62H57N/c1-10-39-19-21-40(22-20-39)41-23-27-44(28-24-41)63(45-29-33-49-47-15-11-13-17-53(47)61(8,9)55(49)37-45)46-30-34-52-48-16-12-14-18-54(48)62(58(52)38-46)56-35-42(59(2,3)4)25-31-50(56)51-32-26-43(36-57(51)62)60(5,6)7/h11-38H,10H2,1-9H3/i10D2. The molecule has 0 fully saturated rings. The Labute approximate surface area is 377 Å². The van der Waals surface area contributed by atoms with Gasteiger partial charge < -0.3 is 4.90 Å². The third kappa shape index (κ3) is 5.81. The number of fused-ring (bicyclic) bond motifs is 13. The first-order chi connectivity index (χ1) is 30.9. The Bertz CT molecular complexity index is 3160. The summed E-state index contributed by atoms with van der Waals surface area (Å²) in [5.41, 5.74) is 24.0. The van der Waals surface area contributed by atoms with Crippen LogP contribution < -0.4 is 4.90 Å². The minimum absolute atomic E-state index is 0.0276. The van der Waals surface area contributed by atoms with Crippen LogP contribution in [0.2, 0.25) is 0 Å². The SMILES string of the molecule is [2H]C([2H])(C)c1ccc(-c2ccc(N(c3ccc4c(c3)C(C)(C)c3ccccc3-4)c3ccc4c(c3)C3(c5ccccc5-4)c4cc(C(C)(C)C)ccc4-c4ccc(C(C)(C)C)cc43)cc2)cc1. The van der Waals surface area contributed by atoms with Crippen LogP contribution in [0.3, 0.4) is 0 Å². The first-order valence-electron chi connectivity index (χ1n) is 23.7. The zero-order valence-electron chi connectivity index (χ0n) is 40.1. The Kier molecular flexibility index (Phi) is 8.12. The minimum Gasteiger partial charge on any atom is -0.310 e. The van der Waals surface area contributed by atoms with E-state index in [0.29, 0.717) is 5.56 Å². The van der Waals surface area contributed by atoms with E-state index < -0.39 is 11.8 Å². The summed E-state index contributed by atoms with van der Waals surface area (Å²) in [6.45, 7) is 20.3. The smallest absolute Gasteiger partial charge is 0.0726 e. The summed E-state index contributed by atoms with van der Waals surface area (Å²) in [6.07, 6.45) is -1.39. The van der Waals surface area contributed by atoms with Gasteiger partial charge in [-0.1, -0.05) is 196 Å². The van der Waals surface area contributed by atoms with Crippen molar-refractivity contribution in [2.75, 3.05) is 4.90 Å². The van der Waals surface area contributed by atoms with E-state index in [4.69, 9.17) is 2.74 Å². The molecule has 8 aromatic carbocycles. The van der Waals surface area contributed by atoms with Gasteiger partial charge in [0.2, 0.25) is 0 Å². The summed E-state index contributed by atoms with van der Waals surface area (Å²) in [4.78, 5) is 2.46. The van der Waals surface area contributed by atoms with Crippen molar-refractivity contribution >= 4 is 17.1 Å². The molecule has 0 radical (unpaired) electrons. The molecule has 1 spiro atoms. The number of benzene rings is 8. The normalized spacial score (nSPS) is 15.4. The van der Waals surface area contributed by atoms with Gasteiger partial charge in [0.05, 0.1) is 5.41 Å². The van der Waals surface area contributed by atoms with Gasteiger partial charge in [-0.2, -0.15) is 0 Å². The fourth-order valence-corrected chi connectivity index (χ4v) is 11.2. The molecule has 0 bridgehead atoms. The lowest BCUT2D eigenvalue weighted by Crippen LogP contribution is -2.27. The number of hydrogen-bond acceptors (Lipinski definition) is 1. The predicted molar refractivity (Wildman–Crippen MR) is 267 cm³/mol.